The monoisotopic (exact) mass is 340 g/mol. The quantitative estimate of drug-likeness (QED) is 0.760. The first-order chi connectivity index (χ1) is 11.5. The maximum atomic E-state index is 12.3. The summed E-state index contributed by atoms with van der Waals surface area (Å²) >= 11 is 1.46. The van der Waals surface area contributed by atoms with Crippen molar-refractivity contribution in [3.63, 3.8) is 0 Å². The van der Waals surface area contributed by atoms with Crippen LogP contribution in [-0.2, 0) is 11.3 Å². The van der Waals surface area contributed by atoms with E-state index in [4.69, 9.17) is 0 Å². The molecule has 0 unspecified atom stereocenters. The van der Waals surface area contributed by atoms with Gasteiger partial charge in [-0.05, 0) is 49.6 Å². The second kappa shape index (κ2) is 7.01. The van der Waals surface area contributed by atoms with Gasteiger partial charge in [0.05, 0.1) is 10.1 Å². The first-order valence-corrected chi connectivity index (χ1v) is 8.78. The topological polar surface area (TPSA) is 51.1 Å². The van der Waals surface area contributed by atoms with Gasteiger partial charge in [-0.1, -0.05) is 35.8 Å². The predicted molar refractivity (Wildman–Crippen MR) is 99.9 cm³/mol. The molecule has 2 aromatic carbocycles. The van der Waals surface area contributed by atoms with Crippen LogP contribution in [0.1, 0.15) is 24.0 Å². The Morgan fingerprint density at radius 1 is 1.17 bits per heavy atom. The summed E-state index contributed by atoms with van der Waals surface area (Å²) in [5, 5.41) is 3.71. The van der Waals surface area contributed by atoms with Crippen LogP contribution in [0.2, 0.25) is 0 Å². The van der Waals surface area contributed by atoms with Crippen LogP contribution < -0.4 is 10.9 Å². The fourth-order valence-electron chi connectivity index (χ4n) is 2.63. The molecule has 24 heavy (non-hydrogen) atoms. The molecule has 1 amide bonds. The molecule has 0 fully saturated rings. The molecule has 3 rings (SSSR count). The fourth-order valence-corrected chi connectivity index (χ4v) is 3.66. The zero-order chi connectivity index (χ0) is 17.1. The molecule has 0 radical (unpaired) electrons. The van der Waals surface area contributed by atoms with E-state index in [2.05, 4.69) is 5.32 Å². The van der Waals surface area contributed by atoms with E-state index in [9.17, 15) is 9.59 Å². The molecular formula is C19H20N2O2S. The molecule has 0 aliphatic heterocycles. The van der Waals surface area contributed by atoms with E-state index in [1.54, 1.807) is 3.96 Å². The smallest absolute Gasteiger partial charge is 0.268 e. The van der Waals surface area contributed by atoms with Crippen LogP contribution in [0.15, 0.2) is 47.3 Å². The van der Waals surface area contributed by atoms with Gasteiger partial charge >= 0.3 is 0 Å². The van der Waals surface area contributed by atoms with Crippen molar-refractivity contribution in [3.05, 3.63) is 63.9 Å². The van der Waals surface area contributed by atoms with E-state index < -0.39 is 0 Å². The molecule has 0 saturated carbocycles. The van der Waals surface area contributed by atoms with Crippen LogP contribution in [0.5, 0.6) is 0 Å². The number of anilines is 1. The Bertz CT molecular complexity index is 940. The number of aryl methyl sites for hydroxylation is 3. The normalized spacial score (nSPS) is 10.9. The number of nitrogens with zero attached hydrogens (tertiary/aromatic N) is 1. The lowest BCUT2D eigenvalue weighted by Gasteiger charge is -2.09. The highest BCUT2D eigenvalue weighted by Crippen LogP contribution is 2.18. The summed E-state index contributed by atoms with van der Waals surface area (Å²) < 4.78 is 2.72. The second-order valence-electron chi connectivity index (χ2n) is 5.96. The minimum Gasteiger partial charge on any atom is -0.326 e. The molecule has 0 aliphatic rings. The van der Waals surface area contributed by atoms with E-state index in [0.717, 1.165) is 26.9 Å². The Balaban J connectivity index is 1.59. The van der Waals surface area contributed by atoms with E-state index >= 15 is 0 Å². The number of aromatic nitrogens is 1. The number of hydrogen-bond acceptors (Lipinski definition) is 3. The van der Waals surface area contributed by atoms with Crippen molar-refractivity contribution in [3.8, 4) is 0 Å². The van der Waals surface area contributed by atoms with Gasteiger partial charge in [0.15, 0.2) is 0 Å². The van der Waals surface area contributed by atoms with Crippen molar-refractivity contribution < 1.29 is 4.79 Å². The molecule has 0 spiro atoms. The van der Waals surface area contributed by atoms with Gasteiger partial charge in [0.2, 0.25) is 5.91 Å². The van der Waals surface area contributed by atoms with Gasteiger partial charge in [-0.2, -0.15) is 0 Å². The third kappa shape index (κ3) is 3.57. The summed E-state index contributed by atoms with van der Waals surface area (Å²) in [6, 6.07) is 13.6. The van der Waals surface area contributed by atoms with E-state index in [0.29, 0.717) is 19.4 Å². The zero-order valence-electron chi connectivity index (χ0n) is 13.8. The lowest BCUT2D eigenvalue weighted by molar-refractivity contribution is -0.116. The van der Waals surface area contributed by atoms with Gasteiger partial charge < -0.3 is 5.32 Å². The predicted octanol–water partition coefficient (Wildman–Crippen LogP) is 4.10. The average molecular weight is 340 g/mol. The molecule has 1 N–H and O–H groups in total. The van der Waals surface area contributed by atoms with Crippen LogP contribution in [0.3, 0.4) is 0 Å². The number of rotatable bonds is 5. The van der Waals surface area contributed by atoms with Gasteiger partial charge in [0.25, 0.3) is 5.56 Å². The number of amides is 1. The third-order valence-corrected chi connectivity index (χ3v) is 5.11. The molecule has 0 aliphatic carbocycles. The minimum absolute atomic E-state index is 0.0159. The molecule has 0 saturated heterocycles. The molecule has 1 heterocycles. The average Bonchev–Trinajstić information content (AvgIpc) is 2.88. The fraction of sp³-hybridized carbons (Fsp3) is 0.263. The Morgan fingerprint density at radius 2 is 1.96 bits per heavy atom. The number of carbonyl (C=O) groups excluding carboxylic acids is 1. The Morgan fingerprint density at radius 3 is 2.75 bits per heavy atom. The second-order valence-corrected chi connectivity index (χ2v) is 7.03. The molecule has 0 bridgehead atoms. The number of benzene rings is 2. The van der Waals surface area contributed by atoms with Crippen molar-refractivity contribution in [1.29, 1.82) is 0 Å². The van der Waals surface area contributed by atoms with Gasteiger partial charge in [-0.15, -0.1) is 0 Å². The summed E-state index contributed by atoms with van der Waals surface area (Å²) in [5.74, 6) is -0.0159. The SMILES string of the molecule is Cc1ccc(C)c(NC(=O)CCCn2sc3ccccc3c2=O)c1. The summed E-state index contributed by atoms with van der Waals surface area (Å²) in [6.45, 7) is 4.55. The molecule has 5 heteroatoms. The molecule has 4 nitrogen and oxygen atoms in total. The van der Waals surface area contributed by atoms with Gasteiger partial charge in [0, 0.05) is 18.7 Å². The number of carbonyl (C=O) groups is 1. The zero-order valence-corrected chi connectivity index (χ0v) is 14.7. The van der Waals surface area contributed by atoms with E-state index in [1.807, 2.05) is 56.3 Å². The standard InChI is InChI=1S/C19H20N2O2S/c1-13-9-10-14(2)16(12-13)20-18(22)8-5-11-21-19(23)15-6-3-4-7-17(15)24-21/h3-4,6-7,9-10,12H,5,8,11H2,1-2H3,(H,20,22). The molecule has 124 valence electrons. The third-order valence-electron chi connectivity index (χ3n) is 3.98. The van der Waals surface area contributed by atoms with Crippen LogP contribution in [0.25, 0.3) is 10.1 Å². The molecule has 1 aromatic heterocycles. The Hall–Kier alpha value is -2.40. The van der Waals surface area contributed by atoms with Crippen LogP contribution in [-0.4, -0.2) is 9.86 Å². The highest BCUT2D eigenvalue weighted by Gasteiger charge is 2.08. The van der Waals surface area contributed by atoms with Crippen LogP contribution in [0.4, 0.5) is 5.69 Å². The largest absolute Gasteiger partial charge is 0.326 e. The van der Waals surface area contributed by atoms with E-state index in [-0.39, 0.29) is 11.5 Å². The highest BCUT2D eigenvalue weighted by molar-refractivity contribution is 7.13. The van der Waals surface area contributed by atoms with Crippen molar-refractivity contribution in [2.75, 3.05) is 5.32 Å². The van der Waals surface area contributed by atoms with Crippen molar-refractivity contribution in [2.45, 2.75) is 33.2 Å². The Kier molecular flexibility index (Phi) is 4.81. The molecule has 0 atom stereocenters. The summed E-state index contributed by atoms with van der Waals surface area (Å²) in [4.78, 5) is 24.4. The van der Waals surface area contributed by atoms with Crippen molar-refractivity contribution >= 4 is 33.2 Å². The van der Waals surface area contributed by atoms with Crippen molar-refractivity contribution in [2.24, 2.45) is 0 Å². The maximum absolute atomic E-state index is 12.3. The summed E-state index contributed by atoms with van der Waals surface area (Å²) in [7, 11) is 0. The van der Waals surface area contributed by atoms with Gasteiger partial charge in [0.1, 0.15) is 0 Å². The summed E-state index contributed by atoms with van der Waals surface area (Å²) in [6.07, 6.45) is 1.04. The molecule has 3 aromatic rings. The maximum Gasteiger partial charge on any atom is 0.268 e. The number of fused-ring (bicyclic) bond motifs is 1. The first-order valence-electron chi connectivity index (χ1n) is 8.00. The van der Waals surface area contributed by atoms with Gasteiger partial charge in [-0.3, -0.25) is 13.5 Å². The first kappa shape index (κ1) is 16.5. The Labute approximate surface area is 144 Å². The minimum atomic E-state index is -0.0159. The molecular weight excluding hydrogens is 320 g/mol. The lowest BCUT2D eigenvalue weighted by Crippen LogP contribution is -2.16. The summed E-state index contributed by atoms with van der Waals surface area (Å²) in [5.41, 5.74) is 3.06. The van der Waals surface area contributed by atoms with Crippen LogP contribution >= 0.6 is 11.5 Å². The van der Waals surface area contributed by atoms with Gasteiger partial charge in [-0.25, -0.2) is 0 Å². The van der Waals surface area contributed by atoms with Crippen LogP contribution in [0, 0.1) is 13.8 Å². The van der Waals surface area contributed by atoms with E-state index in [1.165, 1.54) is 11.5 Å². The highest BCUT2D eigenvalue weighted by atomic mass is 32.1. The number of hydrogen-bond donors (Lipinski definition) is 1. The van der Waals surface area contributed by atoms with Crippen molar-refractivity contribution in [1.82, 2.24) is 3.96 Å². The number of nitrogens with one attached hydrogen (secondary N) is 1. The lowest BCUT2D eigenvalue weighted by atomic mass is 10.1.